The number of nitrogens with one attached hydrogen (secondary N) is 1. The Balaban J connectivity index is 4.24. The van der Waals surface area contributed by atoms with Gasteiger partial charge in [-0.05, 0) is 0 Å². The monoisotopic (exact) mass is 239 g/mol. The number of likely N-dealkylation sites (N-methyl/N-ethyl adjacent to an activating group) is 1. The summed E-state index contributed by atoms with van der Waals surface area (Å²) in [5, 5.41) is 10.3. The third-order valence-corrected chi connectivity index (χ3v) is 1.70. The summed E-state index contributed by atoms with van der Waals surface area (Å²) >= 11 is 0. The number of hydrogen-bond donors (Lipinski definition) is 2. The van der Waals surface area contributed by atoms with Gasteiger partial charge < -0.3 is 9.59 Å². The number of carbonyl (C=O) groups is 1. The van der Waals surface area contributed by atoms with Gasteiger partial charge in [0.05, 0.1) is 27.6 Å². The Hall–Kier alpha value is -0.750. The quantitative estimate of drug-likeness (QED) is 0.373. The van der Waals surface area contributed by atoms with E-state index in [1.165, 1.54) is 0 Å². The molecule has 0 unspecified atom stereocenters. The van der Waals surface area contributed by atoms with E-state index in [-0.39, 0.29) is 6.42 Å². The van der Waals surface area contributed by atoms with Crippen molar-refractivity contribution < 1.29 is 28.4 Å². The van der Waals surface area contributed by atoms with Crippen molar-refractivity contribution in [3.8, 4) is 0 Å². The van der Waals surface area contributed by atoms with E-state index in [4.69, 9.17) is 9.94 Å². The van der Waals surface area contributed by atoms with Crippen molar-refractivity contribution in [3.05, 3.63) is 0 Å². The number of quaternary nitrogens is 1. The van der Waals surface area contributed by atoms with Crippen LogP contribution in [0.25, 0.3) is 0 Å². The molecule has 0 amide bonds. The van der Waals surface area contributed by atoms with Crippen molar-refractivity contribution in [2.24, 2.45) is 0 Å². The fourth-order valence-electron chi connectivity index (χ4n) is 1.07. The molecule has 88 valence electrons. The summed E-state index contributed by atoms with van der Waals surface area (Å²) in [7, 11) is 2.70. The standard InChI is InChI=1S/C7H15N2O5P/c1-9(2,3)5-6(4-7(10)11)14-8-15(12)13/h6H,4-5H2,1-3H3,(H-,8,10,11,12,13)/p+1/t6-/m1/s1. The first-order valence-electron chi connectivity index (χ1n) is 4.28. The van der Waals surface area contributed by atoms with Gasteiger partial charge in [0.15, 0.2) is 0 Å². The predicted molar refractivity (Wildman–Crippen MR) is 51.5 cm³/mol. The molecule has 7 nitrogen and oxygen atoms in total. The molecule has 0 rings (SSSR count). The molecule has 0 bridgehead atoms. The molecule has 0 fully saturated rings. The van der Waals surface area contributed by atoms with Crippen LogP contribution >= 0.6 is 7.83 Å². The molecule has 0 heterocycles. The summed E-state index contributed by atoms with van der Waals surface area (Å²) in [6, 6.07) is 0. The minimum atomic E-state index is -2.87. The number of hydrogen-bond acceptors (Lipinski definition) is 4. The Labute approximate surface area is 88.4 Å². The molecule has 0 aromatic heterocycles. The van der Waals surface area contributed by atoms with Crippen molar-refractivity contribution in [1.29, 1.82) is 0 Å². The van der Waals surface area contributed by atoms with Crippen LogP contribution in [0.3, 0.4) is 0 Å². The number of aliphatic carboxylic acids is 1. The maximum atomic E-state index is 10.5. The Morgan fingerprint density at radius 2 is 2.00 bits per heavy atom. The summed E-state index contributed by atoms with van der Waals surface area (Å²) in [6.07, 6.45) is -0.929. The van der Waals surface area contributed by atoms with Gasteiger partial charge in [0.25, 0.3) is 0 Å². The summed E-state index contributed by atoms with van der Waals surface area (Å²) in [5.41, 5.74) is 0. The van der Waals surface area contributed by atoms with E-state index >= 15 is 0 Å². The first-order valence-corrected chi connectivity index (χ1v) is 5.46. The van der Waals surface area contributed by atoms with Crippen molar-refractivity contribution in [2.45, 2.75) is 12.5 Å². The van der Waals surface area contributed by atoms with E-state index in [0.29, 0.717) is 11.0 Å². The largest absolute Gasteiger partial charge is 0.481 e. The lowest BCUT2D eigenvalue weighted by Gasteiger charge is -2.27. The molecule has 0 spiro atoms. The van der Waals surface area contributed by atoms with Gasteiger partial charge in [0.1, 0.15) is 12.6 Å². The molecule has 8 heteroatoms. The van der Waals surface area contributed by atoms with Crippen LogP contribution in [-0.2, 0) is 18.8 Å². The van der Waals surface area contributed by atoms with Gasteiger partial charge in [-0.2, -0.15) is 0 Å². The first-order chi connectivity index (χ1) is 6.70. The Bertz CT molecular complexity index is 276. The SMILES string of the molecule is C[N+](C)(C)C[C@@H](CC(=O)O)ONP(=O)=O. The highest BCUT2D eigenvalue weighted by Gasteiger charge is 2.22. The molecule has 0 saturated carbocycles. The third kappa shape index (κ3) is 9.55. The minimum absolute atomic E-state index is 0.244. The highest BCUT2D eigenvalue weighted by Crippen LogP contribution is 2.06. The number of nitrogens with zero attached hydrogens (tertiary/aromatic N) is 1. The molecule has 0 radical (unpaired) electrons. The molecule has 0 aliphatic heterocycles. The second-order valence-electron chi connectivity index (χ2n) is 4.16. The van der Waals surface area contributed by atoms with Gasteiger partial charge in [-0.1, -0.05) is 5.25 Å². The van der Waals surface area contributed by atoms with Gasteiger partial charge in [0, 0.05) is 0 Å². The summed E-state index contributed by atoms with van der Waals surface area (Å²) in [4.78, 5) is 15.2. The molecule has 0 aliphatic rings. The van der Waals surface area contributed by atoms with Crippen molar-refractivity contribution in [1.82, 2.24) is 5.25 Å². The van der Waals surface area contributed by atoms with E-state index in [9.17, 15) is 13.9 Å². The van der Waals surface area contributed by atoms with Crippen molar-refractivity contribution >= 4 is 13.8 Å². The fraction of sp³-hybridized carbons (Fsp3) is 0.857. The molecular formula is C7H16N2O5P+. The molecule has 0 saturated heterocycles. The lowest BCUT2D eigenvalue weighted by molar-refractivity contribution is -0.873. The van der Waals surface area contributed by atoms with Crippen LogP contribution in [0.2, 0.25) is 0 Å². The van der Waals surface area contributed by atoms with E-state index in [1.54, 1.807) is 5.25 Å². The molecule has 15 heavy (non-hydrogen) atoms. The van der Waals surface area contributed by atoms with Crippen LogP contribution in [0, 0.1) is 0 Å². The van der Waals surface area contributed by atoms with E-state index in [1.807, 2.05) is 21.1 Å². The average Bonchev–Trinajstić information content (AvgIpc) is 1.95. The zero-order valence-electron chi connectivity index (χ0n) is 8.97. The smallest absolute Gasteiger partial charge is 0.419 e. The van der Waals surface area contributed by atoms with Crippen LogP contribution in [0.15, 0.2) is 0 Å². The molecule has 0 aliphatic carbocycles. The first kappa shape index (κ1) is 14.2. The number of carboxylic acid groups (broad SMARTS) is 1. The Morgan fingerprint density at radius 3 is 2.33 bits per heavy atom. The van der Waals surface area contributed by atoms with Crippen LogP contribution < -0.4 is 5.25 Å². The van der Waals surface area contributed by atoms with Gasteiger partial charge in [-0.25, -0.2) is 9.13 Å². The lowest BCUT2D eigenvalue weighted by Crippen LogP contribution is -2.44. The Kier molecular flexibility index (Phi) is 5.67. The van der Waals surface area contributed by atoms with Crippen LogP contribution in [0.5, 0.6) is 0 Å². The highest BCUT2D eigenvalue weighted by atomic mass is 31.1. The molecular weight excluding hydrogens is 223 g/mol. The van der Waals surface area contributed by atoms with Crippen molar-refractivity contribution in [3.63, 3.8) is 0 Å². The lowest BCUT2D eigenvalue weighted by atomic mass is 10.2. The summed E-state index contributed by atoms with van der Waals surface area (Å²) in [5.74, 6) is -1.03. The molecule has 0 aromatic carbocycles. The summed E-state index contributed by atoms with van der Waals surface area (Å²) in [6.45, 7) is 0.391. The molecule has 0 aromatic rings. The van der Waals surface area contributed by atoms with Gasteiger partial charge in [0.2, 0.25) is 0 Å². The van der Waals surface area contributed by atoms with Crippen LogP contribution in [0.1, 0.15) is 6.42 Å². The second-order valence-corrected chi connectivity index (χ2v) is 4.86. The maximum absolute atomic E-state index is 10.5. The normalized spacial score (nSPS) is 13.5. The topological polar surface area (TPSA) is 92.7 Å². The highest BCUT2D eigenvalue weighted by molar-refractivity contribution is 7.27. The van der Waals surface area contributed by atoms with Crippen molar-refractivity contribution in [2.75, 3.05) is 27.7 Å². The third-order valence-electron chi connectivity index (χ3n) is 1.45. The van der Waals surface area contributed by atoms with Crippen LogP contribution in [-0.4, -0.2) is 49.4 Å². The average molecular weight is 239 g/mol. The summed E-state index contributed by atoms with van der Waals surface area (Å²) < 4.78 is 20.9. The predicted octanol–water partition coefficient (Wildman–Crippen LogP) is 0.145. The second kappa shape index (κ2) is 5.97. The number of carboxylic acids is 1. The van der Waals surface area contributed by atoms with Gasteiger partial charge >= 0.3 is 13.8 Å². The fourth-order valence-corrected chi connectivity index (χ4v) is 1.30. The minimum Gasteiger partial charge on any atom is -0.481 e. The number of rotatable bonds is 7. The molecule has 1 atom stereocenters. The zero-order valence-corrected chi connectivity index (χ0v) is 9.86. The van der Waals surface area contributed by atoms with E-state index in [0.717, 1.165) is 0 Å². The van der Waals surface area contributed by atoms with Crippen LogP contribution in [0.4, 0.5) is 0 Å². The molecule has 2 N–H and O–H groups in total. The van der Waals surface area contributed by atoms with Gasteiger partial charge in [-0.3, -0.25) is 9.63 Å². The van der Waals surface area contributed by atoms with E-state index < -0.39 is 19.9 Å². The van der Waals surface area contributed by atoms with Gasteiger partial charge in [-0.15, -0.1) is 0 Å². The van der Waals surface area contributed by atoms with E-state index in [2.05, 4.69) is 0 Å². The maximum Gasteiger partial charge on any atom is 0.419 e. The Morgan fingerprint density at radius 1 is 1.47 bits per heavy atom. The zero-order chi connectivity index (χ0) is 12.1.